The summed E-state index contributed by atoms with van der Waals surface area (Å²) in [7, 11) is 2.06. The maximum atomic E-state index is 13.6. The SMILES string of the molecule is Cc1ccc(C2=C(N3CCN(C)CC3)C(=O)N(c3ccc(Cl)c(Cl)c3)C2=O)c(C)c1. The largest absolute Gasteiger partial charge is 0.364 e. The fourth-order valence-electron chi connectivity index (χ4n) is 4.04. The number of halogens is 2. The number of hydrogen-bond donors (Lipinski definition) is 0. The summed E-state index contributed by atoms with van der Waals surface area (Å²) < 4.78 is 0. The molecular weight excluding hydrogens is 421 g/mol. The van der Waals surface area contributed by atoms with Gasteiger partial charge in [-0.2, -0.15) is 0 Å². The van der Waals surface area contributed by atoms with Gasteiger partial charge in [-0.3, -0.25) is 9.59 Å². The van der Waals surface area contributed by atoms with Gasteiger partial charge < -0.3 is 9.80 Å². The lowest BCUT2D eigenvalue weighted by Gasteiger charge is -2.34. The average Bonchev–Trinajstić information content (AvgIpc) is 2.95. The number of hydrogen-bond acceptors (Lipinski definition) is 4. The van der Waals surface area contributed by atoms with Gasteiger partial charge in [-0.15, -0.1) is 0 Å². The minimum absolute atomic E-state index is 0.302. The molecule has 0 spiro atoms. The molecule has 0 unspecified atom stereocenters. The van der Waals surface area contributed by atoms with E-state index in [1.54, 1.807) is 18.2 Å². The highest BCUT2D eigenvalue weighted by atomic mass is 35.5. The summed E-state index contributed by atoms with van der Waals surface area (Å²) in [4.78, 5) is 32.6. The molecule has 0 N–H and O–H groups in total. The Morgan fingerprint density at radius 1 is 0.833 bits per heavy atom. The summed E-state index contributed by atoms with van der Waals surface area (Å²) in [5, 5.41) is 0.678. The molecule has 5 nitrogen and oxygen atoms in total. The molecule has 7 heteroatoms. The highest BCUT2D eigenvalue weighted by molar-refractivity contribution is 6.46. The van der Waals surface area contributed by atoms with Crippen molar-refractivity contribution in [3.8, 4) is 0 Å². The van der Waals surface area contributed by atoms with E-state index in [0.717, 1.165) is 29.8 Å². The quantitative estimate of drug-likeness (QED) is 0.668. The number of imide groups is 1. The number of likely N-dealkylation sites (N-methyl/N-ethyl adjacent to an activating group) is 1. The average molecular weight is 444 g/mol. The third-order valence-electron chi connectivity index (χ3n) is 5.69. The van der Waals surface area contributed by atoms with E-state index < -0.39 is 0 Å². The zero-order valence-electron chi connectivity index (χ0n) is 17.2. The number of anilines is 1. The zero-order chi connectivity index (χ0) is 21.6. The van der Waals surface area contributed by atoms with Crippen LogP contribution in [0.25, 0.3) is 5.57 Å². The van der Waals surface area contributed by atoms with Crippen LogP contribution < -0.4 is 4.90 Å². The number of nitrogens with zero attached hydrogens (tertiary/aromatic N) is 3. The number of carbonyl (C=O) groups excluding carboxylic acids is 2. The van der Waals surface area contributed by atoms with Crippen molar-refractivity contribution in [1.29, 1.82) is 0 Å². The van der Waals surface area contributed by atoms with Gasteiger partial charge in [-0.1, -0.05) is 47.0 Å². The maximum Gasteiger partial charge on any atom is 0.282 e. The summed E-state index contributed by atoms with van der Waals surface area (Å²) in [6.45, 7) is 7.02. The van der Waals surface area contributed by atoms with Gasteiger partial charge in [0.1, 0.15) is 5.70 Å². The molecule has 156 valence electrons. The van der Waals surface area contributed by atoms with E-state index in [2.05, 4.69) is 11.9 Å². The fraction of sp³-hybridized carbons (Fsp3) is 0.304. The molecule has 0 saturated carbocycles. The first-order chi connectivity index (χ1) is 14.3. The number of amides is 2. The first-order valence-electron chi connectivity index (χ1n) is 9.87. The van der Waals surface area contributed by atoms with Crippen molar-refractivity contribution >= 4 is 46.3 Å². The van der Waals surface area contributed by atoms with Crippen molar-refractivity contribution in [2.75, 3.05) is 38.1 Å². The van der Waals surface area contributed by atoms with Crippen LogP contribution in [-0.4, -0.2) is 54.8 Å². The Bertz CT molecular complexity index is 1070. The van der Waals surface area contributed by atoms with E-state index in [-0.39, 0.29) is 11.8 Å². The Morgan fingerprint density at radius 3 is 2.17 bits per heavy atom. The van der Waals surface area contributed by atoms with Crippen molar-refractivity contribution in [3.63, 3.8) is 0 Å². The number of piperazine rings is 1. The second-order valence-corrected chi connectivity index (χ2v) is 8.69. The zero-order valence-corrected chi connectivity index (χ0v) is 18.7. The van der Waals surface area contributed by atoms with Crippen LogP contribution in [-0.2, 0) is 9.59 Å². The first-order valence-corrected chi connectivity index (χ1v) is 10.6. The molecule has 30 heavy (non-hydrogen) atoms. The molecule has 0 bridgehead atoms. The Morgan fingerprint density at radius 2 is 1.53 bits per heavy atom. The molecular formula is C23H23Cl2N3O2. The molecule has 2 aliphatic rings. The normalized spacial score (nSPS) is 18.0. The van der Waals surface area contributed by atoms with Gasteiger partial charge in [0.2, 0.25) is 0 Å². The van der Waals surface area contributed by atoms with Crippen molar-refractivity contribution in [3.05, 3.63) is 68.8 Å². The number of carbonyl (C=O) groups is 2. The molecule has 2 aliphatic heterocycles. The van der Waals surface area contributed by atoms with Gasteiger partial charge >= 0.3 is 0 Å². The van der Waals surface area contributed by atoms with E-state index in [1.165, 1.54) is 4.90 Å². The Balaban J connectivity index is 1.85. The molecule has 2 aromatic rings. The highest BCUT2D eigenvalue weighted by Crippen LogP contribution is 2.38. The standard InChI is InChI=1S/C23H23Cl2N3O2/c1-14-4-6-17(15(2)12-14)20-21(27-10-8-26(3)9-11-27)23(30)28(22(20)29)16-5-7-18(24)19(25)13-16/h4-7,12-13H,8-11H2,1-3H3. The van der Waals surface area contributed by atoms with Crippen LogP contribution in [0.15, 0.2) is 42.1 Å². The minimum Gasteiger partial charge on any atom is -0.364 e. The van der Waals surface area contributed by atoms with E-state index >= 15 is 0 Å². The third-order valence-corrected chi connectivity index (χ3v) is 6.43. The second kappa shape index (κ2) is 8.06. The molecule has 0 atom stereocenters. The molecule has 0 radical (unpaired) electrons. The van der Waals surface area contributed by atoms with Crippen molar-refractivity contribution in [1.82, 2.24) is 9.80 Å². The maximum absolute atomic E-state index is 13.6. The second-order valence-electron chi connectivity index (χ2n) is 7.88. The summed E-state index contributed by atoms with van der Waals surface area (Å²) in [5.74, 6) is -0.655. The number of benzene rings is 2. The van der Waals surface area contributed by atoms with Gasteiger partial charge in [0.15, 0.2) is 0 Å². The van der Waals surface area contributed by atoms with Crippen molar-refractivity contribution in [2.24, 2.45) is 0 Å². The molecule has 2 aromatic carbocycles. The van der Waals surface area contributed by atoms with Gasteiger partial charge in [0, 0.05) is 26.2 Å². The lowest BCUT2D eigenvalue weighted by molar-refractivity contribution is -0.120. The lowest BCUT2D eigenvalue weighted by Crippen LogP contribution is -2.46. The van der Waals surface area contributed by atoms with Gasteiger partial charge in [-0.05, 0) is 50.2 Å². The van der Waals surface area contributed by atoms with Crippen LogP contribution >= 0.6 is 23.2 Å². The van der Waals surface area contributed by atoms with Crippen LogP contribution in [0, 0.1) is 13.8 Å². The number of aryl methyl sites for hydroxylation is 2. The lowest BCUT2D eigenvalue weighted by atomic mass is 9.97. The number of rotatable bonds is 3. The molecule has 2 amide bonds. The molecule has 0 aromatic heterocycles. The predicted octanol–water partition coefficient (Wildman–Crippen LogP) is 4.14. The van der Waals surface area contributed by atoms with Crippen LogP contribution in [0.5, 0.6) is 0 Å². The van der Waals surface area contributed by atoms with Gasteiger partial charge in [0.05, 0.1) is 21.3 Å². The van der Waals surface area contributed by atoms with Crippen LogP contribution in [0.3, 0.4) is 0 Å². The van der Waals surface area contributed by atoms with Crippen LogP contribution in [0.1, 0.15) is 16.7 Å². The molecule has 1 fully saturated rings. The predicted molar refractivity (Wildman–Crippen MR) is 121 cm³/mol. The smallest absolute Gasteiger partial charge is 0.282 e. The summed E-state index contributed by atoms with van der Waals surface area (Å²) in [6.07, 6.45) is 0. The third kappa shape index (κ3) is 3.62. The Labute approximate surface area is 186 Å². The van der Waals surface area contributed by atoms with E-state index in [0.29, 0.717) is 40.1 Å². The van der Waals surface area contributed by atoms with E-state index in [9.17, 15) is 9.59 Å². The Hall–Kier alpha value is -2.34. The molecule has 4 rings (SSSR count). The molecule has 2 heterocycles. The van der Waals surface area contributed by atoms with Gasteiger partial charge in [0.25, 0.3) is 11.8 Å². The van der Waals surface area contributed by atoms with Crippen molar-refractivity contribution < 1.29 is 9.59 Å². The Kier molecular flexibility index (Phi) is 5.62. The topological polar surface area (TPSA) is 43.9 Å². The van der Waals surface area contributed by atoms with E-state index in [1.807, 2.05) is 36.9 Å². The summed E-state index contributed by atoms with van der Waals surface area (Å²) in [6, 6.07) is 10.7. The fourth-order valence-corrected chi connectivity index (χ4v) is 4.33. The van der Waals surface area contributed by atoms with Crippen LogP contribution in [0.4, 0.5) is 5.69 Å². The van der Waals surface area contributed by atoms with Crippen LogP contribution in [0.2, 0.25) is 10.0 Å². The molecule has 1 saturated heterocycles. The summed E-state index contributed by atoms with van der Waals surface area (Å²) >= 11 is 12.2. The monoisotopic (exact) mass is 443 g/mol. The summed E-state index contributed by atoms with van der Waals surface area (Å²) in [5.41, 5.74) is 4.20. The highest BCUT2D eigenvalue weighted by Gasteiger charge is 2.43. The van der Waals surface area contributed by atoms with Crippen molar-refractivity contribution in [2.45, 2.75) is 13.8 Å². The minimum atomic E-state index is -0.334. The first kappa shape index (κ1) is 20.9. The van der Waals surface area contributed by atoms with E-state index in [4.69, 9.17) is 23.2 Å². The molecule has 0 aliphatic carbocycles. The van der Waals surface area contributed by atoms with Gasteiger partial charge in [-0.25, -0.2) is 4.90 Å².